The molecule has 8 nitrogen and oxygen atoms in total. The summed E-state index contributed by atoms with van der Waals surface area (Å²) in [6, 6.07) is 0. The fourth-order valence-electron chi connectivity index (χ4n) is 1.97. The summed E-state index contributed by atoms with van der Waals surface area (Å²) in [5.74, 6) is -1.44. The first kappa shape index (κ1) is 16.2. The fourth-order valence-corrected chi connectivity index (χ4v) is 3.76. The average molecular weight is 355 g/mol. The zero-order chi connectivity index (χ0) is 15.6. The molecule has 21 heavy (non-hydrogen) atoms. The maximum absolute atomic E-state index is 12.2. The van der Waals surface area contributed by atoms with E-state index in [4.69, 9.17) is 28.3 Å². The van der Waals surface area contributed by atoms with Gasteiger partial charge < -0.3 is 5.11 Å². The number of aliphatic carboxylic acids is 1. The molecule has 2 rings (SSSR count). The zero-order valence-electron chi connectivity index (χ0n) is 10.7. The number of nitrogens with zero attached hydrogens (tertiary/aromatic N) is 3. The van der Waals surface area contributed by atoms with Gasteiger partial charge in [0.2, 0.25) is 0 Å². The molecule has 11 heteroatoms. The first-order chi connectivity index (χ1) is 9.81. The third-order valence-corrected chi connectivity index (χ3v) is 5.21. The molecule has 0 unspecified atom stereocenters. The van der Waals surface area contributed by atoms with Gasteiger partial charge in [-0.3, -0.25) is 9.52 Å². The van der Waals surface area contributed by atoms with Crippen LogP contribution in [0.5, 0.6) is 0 Å². The maximum Gasteiger partial charge on any atom is 0.306 e. The van der Waals surface area contributed by atoms with E-state index in [0.29, 0.717) is 0 Å². The van der Waals surface area contributed by atoms with Gasteiger partial charge >= 0.3 is 16.2 Å². The van der Waals surface area contributed by atoms with Crippen LogP contribution in [0.15, 0.2) is 6.33 Å². The molecule has 0 radical (unpaired) electrons. The second-order valence-corrected chi connectivity index (χ2v) is 6.84. The monoisotopic (exact) mass is 354 g/mol. The number of piperidine rings is 1. The van der Waals surface area contributed by atoms with Crippen LogP contribution in [0.3, 0.4) is 0 Å². The summed E-state index contributed by atoms with van der Waals surface area (Å²) < 4.78 is 27.8. The quantitative estimate of drug-likeness (QED) is 0.786. The van der Waals surface area contributed by atoms with Crippen LogP contribution in [0.25, 0.3) is 0 Å². The van der Waals surface area contributed by atoms with Crippen molar-refractivity contribution in [3.05, 3.63) is 16.6 Å². The Kier molecular flexibility index (Phi) is 4.87. The van der Waals surface area contributed by atoms with Crippen LogP contribution in [0.2, 0.25) is 10.3 Å². The summed E-state index contributed by atoms with van der Waals surface area (Å²) in [6.45, 7) is 0.213. The lowest BCUT2D eigenvalue weighted by molar-refractivity contribution is -0.142. The minimum atomic E-state index is -3.89. The second-order valence-electron chi connectivity index (χ2n) is 4.45. The van der Waals surface area contributed by atoms with Gasteiger partial charge in [0.25, 0.3) is 0 Å². The summed E-state index contributed by atoms with van der Waals surface area (Å²) in [4.78, 5) is 18.2. The summed E-state index contributed by atoms with van der Waals surface area (Å²) in [5.41, 5.74) is -0.0961. The molecule has 2 N–H and O–H groups in total. The molecule has 1 aromatic heterocycles. The minimum Gasteiger partial charge on any atom is -0.481 e. The second kappa shape index (κ2) is 6.30. The fraction of sp³-hybridized carbons (Fsp3) is 0.500. The lowest BCUT2D eigenvalue weighted by atomic mass is 9.99. The number of halogens is 2. The van der Waals surface area contributed by atoms with E-state index in [-0.39, 0.29) is 41.9 Å². The Morgan fingerprint density at radius 1 is 1.29 bits per heavy atom. The Labute approximate surface area is 131 Å². The van der Waals surface area contributed by atoms with Gasteiger partial charge in [0.1, 0.15) is 12.0 Å². The van der Waals surface area contributed by atoms with E-state index in [1.54, 1.807) is 0 Å². The molecule has 0 bridgehead atoms. The summed E-state index contributed by atoms with van der Waals surface area (Å²) in [5, 5.41) is 8.68. The molecule has 1 fully saturated rings. The van der Waals surface area contributed by atoms with Crippen molar-refractivity contribution >= 4 is 45.1 Å². The first-order valence-corrected chi connectivity index (χ1v) is 8.17. The van der Waals surface area contributed by atoms with Gasteiger partial charge in [-0.25, -0.2) is 9.97 Å². The van der Waals surface area contributed by atoms with Crippen molar-refractivity contribution in [2.75, 3.05) is 17.8 Å². The molecule has 1 aliphatic heterocycles. The summed E-state index contributed by atoms with van der Waals surface area (Å²) in [7, 11) is -3.89. The number of nitrogens with one attached hydrogen (secondary N) is 1. The number of aromatic nitrogens is 2. The van der Waals surface area contributed by atoms with Crippen molar-refractivity contribution in [2.45, 2.75) is 12.8 Å². The van der Waals surface area contributed by atoms with Gasteiger partial charge in [-0.1, -0.05) is 23.2 Å². The number of carboxylic acids is 1. The third kappa shape index (κ3) is 3.73. The van der Waals surface area contributed by atoms with E-state index in [0.717, 1.165) is 10.6 Å². The van der Waals surface area contributed by atoms with E-state index in [9.17, 15) is 13.2 Å². The van der Waals surface area contributed by atoms with Gasteiger partial charge in [-0.2, -0.15) is 12.7 Å². The largest absolute Gasteiger partial charge is 0.481 e. The molecule has 0 amide bonds. The lowest BCUT2D eigenvalue weighted by Crippen LogP contribution is -2.43. The molecular weight excluding hydrogens is 343 g/mol. The van der Waals surface area contributed by atoms with E-state index >= 15 is 0 Å². The summed E-state index contributed by atoms with van der Waals surface area (Å²) in [6.07, 6.45) is 1.62. The van der Waals surface area contributed by atoms with Crippen molar-refractivity contribution in [1.29, 1.82) is 0 Å². The van der Waals surface area contributed by atoms with Crippen molar-refractivity contribution in [1.82, 2.24) is 14.3 Å². The average Bonchev–Trinajstić information content (AvgIpc) is 2.43. The van der Waals surface area contributed by atoms with Gasteiger partial charge in [-0.15, -0.1) is 0 Å². The van der Waals surface area contributed by atoms with Gasteiger partial charge in [-0.05, 0) is 12.8 Å². The molecule has 0 saturated carbocycles. The first-order valence-electron chi connectivity index (χ1n) is 5.98. The number of hydrogen-bond donors (Lipinski definition) is 2. The molecule has 0 aromatic carbocycles. The Morgan fingerprint density at radius 3 is 2.29 bits per heavy atom. The standard InChI is InChI=1S/C10H12Cl2N4O4S/c11-8-7(9(12)14-5-13-8)15-21(19,20)16-3-1-6(2-4-16)10(17)18/h5-6,15H,1-4H2,(H,17,18). The molecular formula is C10H12Cl2N4O4S. The van der Waals surface area contributed by atoms with Crippen LogP contribution in [0, 0.1) is 5.92 Å². The predicted molar refractivity (Wildman–Crippen MR) is 76.5 cm³/mol. The van der Waals surface area contributed by atoms with E-state index < -0.39 is 22.1 Å². The van der Waals surface area contributed by atoms with Gasteiger partial charge in [0.05, 0.1) is 5.92 Å². The number of rotatable bonds is 4. The Morgan fingerprint density at radius 2 is 1.81 bits per heavy atom. The smallest absolute Gasteiger partial charge is 0.306 e. The Bertz CT molecular complexity index is 626. The normalized spacial score (nSPS) is 17.6. The van der Waals surface area contributed by atoms with Crippen molar-refractivity contribution in [3.63, 3.8) is 0 Å². The van der Waals surface area contributed by atoms with Crippen LogP contribution in [0.1, 0.15) is 12.8 Å². The lowest BCUT2D eigenvalue weighted by Gasteiger charge is -2.29. The highest BCUT2D eigenvalue weighted by molar-refractivity contribution is 7.90. The third-order valence-electron chi connectivity index (χ3n) is 3.13. The molecule has 1 aliphatic rings. The minimum absolute atomic E-state index is 0.0961. The van der Waals surface area contributed by atoms with Crippen LogP contribution < -0.4 is 4.72 Å². The Balaban J connectivity index is 2.11. The van der Waals surface area contributed by atoms with Crippen LogP contribution in [-0.4, -0.2) is 46.9 Å². The predicted octanol–water partition coefficient (Wildman–Crippen LogP) is 1.24. The SMILES string of the molecule is O=C(O)C1CCN(S(=O)(=O)Nc2c(Cl)ncnc2Cl)CC1. The van der Waals surface area contributed by atoms with Crippen LogP contribution in [-0.2, 0) is 15.0 Å². The highest BCUT2D eigenvalue weighted by Gasteiger charge is 2.31. The molecule has 1 aromatic rings. The zero-order valence-corrected chi connectivity index (χ0v) is 13.0. The van der Waals surface area contributed by atoms with Crippen LogP contribution in [0.4, 0.5) is 5.69 Å². The van der Waals surface area contributed by atoms with Gasteiger partial charge in [0.15, 0.2) is 10.3 Å². The van der Waals surface area contributed by atoms with Gasteiger partial charge in [0, 0.05) is 13.1 Å². The molecule has 2 heterocycles. The maximum atomic E-state index is 12.2. The molecule has 0 aliphatic carbocycles. The molecule has 1 saturated heterocycles. The number of carboxylic acid groups (broad SMARTS) is 1. The highest BCUT2D eigenvalue weighted by Crippen LogP contribution is 2.28. The number of hydrogen-bond acceptors (Lipinski definition) is 5. The van der Waals surface area contributed by atoms with Crippen molar-refractivity contribution < 1.29 is 18.3 Å². The topological polar surface area (TPSA) is 112 Å². The van der Waals surface area contributed by atoms with E-state index in [2.05, 4.69) is 14.7 Å². The van der Waals surface area contributed by atoms with Crippen molar-refractivity contribution in [2.24, 2.45) is 5.92 Å². The van der Waals surface area contributed by atoms with Crippen molar-refractivity contribution in [3.8, 4) is 0 Å². The number of carbonyl (C=O) groups is 1. The highest BCUT2D eigenvalue weighted by atomic mass is 35.5. The Hall–Kier alpha value is -1.16. The molecule has 0 atom stereocenters. The van der Waals surface area contributed by atoms with Crippen LogP contribution >= 0.6 is 23.2 Å². The molecule has 0 spiro atoms. The van der Waals surface area contributed by atoms with E-state index in [1.807, 2.05) is 0 Å². The molecule has 116 valence electrons. The number of anilines is 1. The summed E-state index contributed by atoms with van der Waals surface area (Å²) >= 11 is 11.6. The van der Waals surface area contributed by atoms with E-state index in [1.165, 1.54) is 0 Å².